The molecule has 0 aliphatic carbocycles. The minimum absolute atomic E-state index is 0.601. The summed E-state index contributed by atoms with van der Waals surface area (Å²) in [5.74, 6) is 0.799. The Morgan fingerprint density at radius 2 is 1.41 bits per heavy atom. The molecule has 0 saturated carbocycles. The van der Waals surface area contributed by atoms with Gasteiger partial charge in [0.1, 0.15) is 18.0 Å². The van der Waals surface area contributed by atoms with Crippen molar-refractivity contribution in [2.24, 2.45) is 0 Å². The van der Waals surface area contributed by atoms with E-state index in [0.29, 0.717) is 13.2 Å². The monoisotopic (exact) mass is 450 g/mol. The molecular formula is C30H30N2O2. The molecule has 1 aliphatic heterocycles. The molecule has 0 aromatic heterocycles. The summed E-state index contributed by atoms with van der Waals surface area (Å²) >= 11 is 0. The van der Waals surface area contributed by atoms with Gasteiger partial charge in [-0.2, -0.15) is 0 Å². The summed E-state index contributed by atoms with van der Waals surface area (Å²) in [5.41, 5.74) is 4.48. The number of anilines is 2. The van der Waals surface area contributed by atoms with Gasteiger partial charge in [0.05, 0.1) is 5.69 Å². The Morgan fingerprint density at radius 3 is 2.15 bits per heavy atom. The molecule has 1 N–H and O–H groups in total. The zero-order valence-electron chi connectivity index (χ0n) is 19.7. The Bertz CT molecular complexity index is 1260. The molecule has 4 heteroatoms. The number of likely N-dealkylation sites (N-methyl/N-ethyl adjacent to an activating group) is 1. The predicted octanol–water partition coefficient (Wildman–Crippen LogP) is 5.56. The summed E-state index contributed by atoms with van der Waals surface area (Å²) in [4.78, 5) is 4.39. The highest BCUT2D eigenvalue weighted by Crippen LogP contribution is 2.52. The van der Waals surface area contributed by atoms with Gasteiger partial charge >= 0.3 is 0 Å². The molecule has 0 saturated heterocycles. The zero-order chi connectivity index (χ0) is 23.5. The zero-order valence-corrected chi connectivity index (χ0v) is 19.7. The molecule has 0 bridgehead atoms. The van der Waals surface area contributed by atoms with Gasteiger partial charge in [-0.3, -0.25) is 0 Å². The van der Waals surface area contributed by atoms with Gasteiger partial charge < -0.3 is 19.6 Å². The summed E-state index contributed by atoms with van der Waals surface area (Å²) in [7, 11) is 4.07. The molecule has 0 fully saturated rings. The van der Waals surface area contributed by atoms with E-state index in [9.17, 15) is 5.11 Å². The average molecular weight is 451 g/mol. The van der Waals surface area contributed by atoms with Crippen molar-refractivity contribution in [2.75, 3.05) is 32.1 Å². The number of hydrogen-bond acceptors (Lipinski definition) is 4. The van der Waals surface area contributed by atoms with Crippen molar-refractivity contribution in [3.63, 3.8) is 0 Å². The molecule has 5 rings (SSSR count). The van der Waals surface area contributed by atoms with Crippen molar-refractivity contribution in [3.8, 4) is 5.75 Å². The summed E-state index contributed by atoms with van der Waals surface area (Å²) in [6.45, 7) is 2.13. The van der Waals surface area contributed by atoms with E-state index in [-0.39, 0.29) is 0 Å². The van der Waals surface area contributed by atoms with Crippen molar-refractivity contribution in [1.29, 1.82) is 0 Å². The third kappa shape index (κ3) is 4.07. The fourth-order valence-electron chi connectivity index (χ4n) is 4.69. The standard InChI is InChI=1S/C30H30N2O2/c1-31(2)19-20-34-25-17-18-27-29(21-25)32(22-23-11-5-3-6-12-23)28-16-10-9-15-26(28)30(27,33)24-13-7-4-8-14-24/h3-18,21,33H,19-20,22H2,1-2H3. The van der Waals surface area contributed by atoms with Crippen LogP contribution < -0.4 is 9.64 Å². The second-order valence-electron chi connectivity index (χ2n) is 9.00. The lowest BCUT2D eigenvalue weighted by Crippen LogP contribution is -2.37. The van der Waals surface area contributed by atoms with Gasteiger partial charge in [-0.25, -0.2) is 0 Å². The van der Waals surface area contributed by atoms with Crippen molar-refractivity contribution < 1.29 is 9.84 Å². The summed E-state index contributed by atoms with van der Waals surface area (Å²) in [6, 6.07) is 34.6. The number of para-hydroxylation sites is 1. The molecule has 1 heterocycles. The van der Waals surface area contributed by atoms with Gasteiger partial charge in [-0.05, 0) is 43.4 Å². The average Bonchev–Trinajstić information content (AvgIpc) is 2.87. The van der Waals surface area contributed by atoms with Crippen LogP contribution in [0.15, 0.2) is 103 Å². The van der Waals surface area contributed by atoms with E-state index in [1.54, 1.807) is 0 Å². The van der Waals surface area contributed by atoms with Crippen LogP contribution in [0.3, 0.4) is 0 Å². The number of nitrogens with zero attached hydrogens (tertiary/aromatic N) is 2. The SMILES string of the molecule is CN(C)CCOc1ccc2c(c1)N(Cc1ccccc1)c1ccccc1C2(O)c1ccccc1. The van der Waals surface area contributed by atoms with Gasteiger partial charge in [-0.1, -0.05) is 78.9 Å². The number of fused-ring (bicyclic) bond motifs is 2. The molecule has 4 aromatic carbocycles. The van der Waals surface area contributed by atoms with E-state index in [4.69, 9.17) is 4.74 Å². The van der Waals surface area contributed by atoms with Crippen LogP contribution in [0.1, 0.15) is 22.3 Å². The van der Waals surface area contributed by atoms with Crippen LogP contribution in [0.25, 0.3) is 0 Å². The first-order chi connectivity index (χ1) is 16.6. The predicted molar refractivity (Wildman–Crippen MR) is 138 cm³/mol. The maximum atomic E-state index is 12.4. The smallest absolute Gasteiger partial charge is 0.144 e. The largest absolute Gasteiger partial charge is 0.492 e. The Kier molecular flexibility index (Phi) is 6.10. The molecule has 0 amide bonds. The van der Waals surface area contributed by atoms with Gasteiger partial charge in [-0.15, -0.1) is 0 Å². The summed E-state index contributed by atoms with van der Waals surface area (Å²) in [6.07, 6.45) is 0. The molecule has 1 aliphatic rings. The number of ether oxygens (including phenoxy) is 1. The summed E-state index contributed by atoms with van der Waals surface area (Å²) in [5, 5.41) is 12.4. The van der Waals surface area contributed by atoms with E-state index >= 15 is 0 Å². The number of aliphatic hydroxyl groups is 1. The maximum Gasteiger partial charge on any atom is 0.144 e. The van der Waals surface area contributed by atoms with Crippen LogP contribution in [0.4, 0.5) is 11.4 Å². The molecule has 34 heavy (non-hydrogen) atoms. The number of benzene rings is 4. The van der Waals surface area contributed by atoms with Crippen LogP contribution in [0, 0.1) is 0 Å². The van der Waals surface area contributed by atoms with Crippen molar-refractivity contribution in [3.05, 3.63) is 125 Å². The topological polar surface area (TPSA) is 35.9 Å². The van der Waals surface area contributed by atoms with E-state index in [1.165, 1.54) is 5.56 Å². The second-order valence-corrected chi connectivity index (χ2v) is 9.00. The highest BCUT2D eigenvalue weighted by atomic mass is 16.5. The first kappa shape index (κ1) is 22.2. The fraction of sp³-hybridized carbons (Fsp3) is 0.200. The Labute approximate surface area is 201 Å². The van der Waals surface area contributed by atoms with Crippen LogP contribution in [-0.4, -0.2) is 37.3 Å². The van der Waals surface area contributed by atoms with Gasteiger partial charge in [0.15, 0.2) is 0 Å². The summed E-state index contributed by atoms with van der Waals surface area (Å²) < 4.78 is 6.09. The molecular weight excluding hydrogens is 420 g/mol. The van der Waals surface area contributed by atoms with Gasteiger partial charge in [0, 0.05) is 36.0 Å². The lowest BCUT2D eigenvalue weighted by atomic mass is 9.76. The lowest BCUT2D eigenvalue weighted by molar-refractivity contribution is 0.124. The molecule has 0 radical (unpaired) electrons. The molecule has 1 atom stereocenters. The minimum atomic E-state index is -1.26. The molecule has 1 unspecified atom stereocenters. The molecule has 172 valence electrons. The Hall–Kier alpha value is -3.60. The fourth-order valence-corrected chi connectivity index (χ4v) is 4.69. The van der Waals surface area contributed by atoms with Crippen LogP contribution >= 0.6 is 0 Å². The molecule has 0 spiro atoms. The highest BCUT2D eigenvalue weighted by Gasteiger charge is 2.43. The van der Waals surface area contributed by atoms with Crippen molar-refractivity contribution in [1.82, 2.24) is 4.90 Å². The minimum Gasteiger partial charge on any atom is -0.492 e. The quantitative estimate of drug-likeness (QED) is 0.400. The first-order valence-corrected chi connectivity index (χ1v) is 11.7. The normalized spacial score (nSPS) is 16.8. The van der Waals surface area contributed by atoms with Gasteiger partial charge in [0.2, 0.25) is 0 Å². The number of rotatable bonds is 7. The van der Waals surface area contributed by atoms with Crippen LogP contribution in [0.2, 0.25) is 0 Å². The van der Waals surface area contributed by atoms with E-state index in [1.807, 2.05) is 80.8 Å². The first-order valence-electron chi connectivity index (χ1n) is 11.7. The molecule has 4 aromatic rings. The van der Waals surface area contributed by atoms with Crippen molar-refractivity contribution >= 4 is 11.4 Å². The second kappa shape index (κ2) is 9.34. The van der Waals surface area contributed by atoms with E-state index in [2.05, 4.69) is 46.2 Å². The third-order valence-electron chi connectivity index (χ3n) is 6.42. The van der Waals surface area contributed by atoms with Crippen molar-refractivity contribution in [2.45, 2.75) is 12.1 Å². The third-order valence-corrected chi connectivity index (χ3v) is 6.42. The Morgan fingerprint density at radius 1 is 0.765 bits per heavy atom. The maximum absolute atomic E-state index is 12.4. The van der Waals surface area contributed by atoms with E-state index in [0.717, 1.165) is 40.4 Å². The van der Waals surface area contributed by atoms with Crippen LogP contribution in [0.5, 0.6) is 5.75 Å². The Balaban J connectivity index is 1.67. The molecule has 4 nitrogen and oxygen atoms in total. The highest BCUT2D eigenvalue weighted by molar-refractivity contribution is 5.80. The lowest BCUT2D eigenvalue weighted by Gasteiger charge is -2.43. The van der Waals surface area contributed by atoms with E-state index < -0.39 is 5.60 Å². The van der Waals surface area contributed by atoms with Crippen LogP contribution in [-0.2, 0) is 12.1 Å². The number of hydrogen-bond donors (Lipinski definition) is 1. The van der Waals surface area contributed by atoms with Gasteiger partial charge in [0.25, 0.3) is 0 Å².